The van der Waals surface area contributed by atoms with Crippen molar-refractivity contribution in [2.45, 2.75) is 32.7 Å². The predicted molar refractivity (Wildman–Crippen MR) is 69.8 cm³/mol. The Balaban J connectivity index is 1.93. The molecule has 1 fully saturated rings. The fraction of sp³-hybridized carbons (Fsp3) is 0.500. The number of hydrogen-bond donors (Lipinski definition) is 1. The molecule has 6 nitrogen and oxygen atoms in total. The van der Waals surface area contributed by atoms with Crippen molar-refractivity contribution in [3.05, 3.63) is 16.3 Å². The van der Waals surface area contributed by atoms with Gasteiger partial charge >= 0.3 is 5.97 Å². The maximum Gasteiger partial charge on any atom is 0.311 e. The summed E-state index contributed by atoms with van der Waals surface area (Å²) >= 11 is 1.59. The van der Waals surface area contributed by atoms with Crippen LogP contribution in [0.25, 0.3) is 11.4 Å². The number of aromatic nitrogens is 4. The third kappa shape index (κ3) is 1.94. The second kappa shape index (κ2) is 4.41. The molecule has 100 valence electrons. The molecule has 2 aromatic rings. The molecular formula is C12H14N4O2S. The zero-order chi connectivity index (χ0) is 13.5. The van der Waals surface area contributed by atoms with Crippen LogP contribution in [0.15, 0.2) is 10.8 Å². The second-order valence-electron chi connectivity index (χ2n) is 5.07. The molecule has 19 heavy (non-hydrogen) atoms. The lowest BCUT2D eigenvalue weighted by Gasteiger charge is -2.37. The average Bonchev–Trinajstić information content (AvgIpc) is 2.91. The first-order valence-electron chi connectivity index (χ1n) is 6.15. The highest BCUT2D eigenvalue weighted by Crippen LogP contribution is 2.43. The lowest BCUT2D eigenvalue weighted by Crippen LogP contribution is -2.42. The van der Waals surface area contributed by atoms with Gasteiger partial charge in [0.1, 0.15) is 0 Å². The summed E-state index contributed by atoms with van der Waals surface area (Å²) in [5.74, 6) is -0.0893. The fourth-order valence-electron chi connectivity index (χ4n) is 2.42. The normalized spacial score (nSPS) is 17.1. The first-order valence-corrected chi connectivity index (χ1v) is 7.09. The third-order valence-electron chi connectivity index (χ3n) is 3.85. The number of nitrogens with zero attached hydrogens (tertiary/aromatic N) is 4. The van der Waals surface area contributed by atoms with Crippen LogP contribution in [0, 0.1) is 12.3 Å². The predicted octanol–water partition coefficient (Wildman–Crippen LogP) is 1.96. The Kier molecular flexibility index (Phi) is 2.85. The maximum atomic E-state index is 11.4. The summed E-state index contributed by atoms with van der Waals surface area (Å²) in [6, 6.07) is 0. The van der Waals surface area contributed by atoms with Gasteiger partial charge < -0.3 is 5.11 Å². The van der Waals surface area contributed by atoms with Gasteiger partial charge in [-0.15, -0.1) is 5.10 Å². The summed E-state index contributed by atoms with van der Waals surface area (Å²) in [6.07, 6.45) is 2.36. The summed E-state index contributed by atoms with van der Waals surface area (Å²) in [5.41, 5.74) is 1.41. The first kappa shape index (κ1) is 12.3. The van der Waals surface area contributed by atoms with Gasteiger partial charge in [-0.1, -0.05) is 6.42 Å². The van der Waals surface area contributed by atoms with Crippen molar-refractivity contribution >= 4 is 17.3 Å². The molecular weight excluding hydrogens is 264 g/mol. The van der Waals surface area contributed by atoms with Gasteiger partial charge in [0.2, 0.25) is 0 Å². The van der Waals surface area contributed by atoms with Crippen LogP contribution >= 0.6 is 11.3 Å². The molecule has 0 atom stereocenters. The van der Waals surface area contributed by atoms with E-state index < -0.39 is 11.4 Å². The van der Waals surface area contributed by atoms with E-state index in [1.54, 1.807) is 16.0 Å². The summed E-state index contributed by atoms with van der Waals surface area (Å²) < 4.78 is 1.63. The van der Waals surface area contributed by atoms with Crippen molar-refractivity contribution in [1.29, 1.82) is 0 Å². The van der Waals surface area contributed by atoms with E-state index in [9.17, 15) is 9.90 Å². The molecule has 1 saturated carbocycles. The molecule has 0 amide bonds. The number of tetrazole rings is 1. The van der Waals surface area contributed by atoms with Gasteiger partial charge in [-0.2, -0.15) is 11.3 Å². The van der Waals surface area contributed by atoms with Gasteiger partial charge in [-0.3, -0.25) is 4.79 Å². The SMILES string of the molecule is Cc1cscc1-c1nnnn1CC1(C(=O)O)CCC1. The minimum atomic E-state index is -0.748. The van der Waals surface area contributed by atoms with Crippen LogP contribution in [0.2, 0.25) is 0 Å². The molecule has 0 saturated heterocycles. The molecule has 0 radical (unpaired) electrons. The van der Waals surface area contributed by atoms with Crippen LogP contribution in [0.5, 0.6) is 0 Å². The van der Waals surface area contributed by atoms with Gasteiger partial charge in [-0.05, 0) is 41.1 Å². The van der Waals surface area contributed by atoms with E-state index in [1.165, 1.54) is 0 Å². The third-order valence-corrected chi connectivity index (χ3v) is 4.71. The molecule has 1 aliphatic carbocycles. The number of carbonyl (C=O) groups is 1. The van der Waals surface area contributed by atoms with Crippen molar-refractivity contribution in [1.82, 2.24) is 20.2 Å². The van der Waals surface area contributed by atoms with E-state index in [4.69, 9.17) is 0 Å². The van der Waals surface area contributed by atoms with Crippen LogP contribution in [0.1, 0.15) is 24.8 Å². The highest BCUT2D eigenvalue weighted by molar-refractivity contribution is 7.08. The Bertz CT molecular complexity index is 615. The molecule has 7 heteroatoms. The summed E-state index contributed by atoms with van der Waals surface area (Å²) in [7, 11) is 0. The maximum absolute atomic E-state index is 11.4. The Labute approximate surface area is 114 Å². The van der Waals surface area contributed by atoms with Crippen LogP contribution in [-0.4, -0.2) is 31.3 Å². The van der Waals surface area contributed by atoms with Crippen LogP contribution < -0.4 is 0 Å². The van der Waals surface area contributed by atoms with Crippen LogP contribution in [-0.2, 0) is 11.3 Å². The largest absolute Gasteiger partial charge is 0.481 e. The number of aliphatic carboxylic acids is 1. The zero-order valence-corrected chi connectivity index (χ0v) is 11.4. The number of aryl methyl sites for hydroxylation is 1. The zero-order valence-electron chi connectivity index (χ0n) is 10.5. The van der Waals surface area contributed by atoms with Gasteiger partial charge in [0.25, 0.3) is 0 Å². The topological polar surface area (TPSA) is 80.9 Å². The highest BCUT2D eigenvalue weighted by atomic mass is 32.1. The molecule has 1 N–H and O–H groups in total. The molecule has 3 rings (SSSR count). The van der Waals surface area contributed by atoms with E-state index in [2.05, 4.69) is 15.5 Å². The van der Waals surface area contributed by atoms with Gasteiger partial charge in [0, 0.05) is 10.9 Å². The molecule has 0 spiro atoms. The minimum absolute atomic E-state index is 0.347. The van der Waals surface area contributed by atoms with E-state index in [1.807, 2.05) is 17.7 Å². The number of carboxylic acid groups (broad SMARTS) is 1. The van der Waals surface area contributed by atoms with E-state index in [0.717, 1.165) is 17.5 Å². The van der Waals surface area contributed by atoms with E-state index >= 15 is 0 Å². The molecule has 1 aliphatic rings. The van der Waals surface area contributed by atoms with Crippen molar-refractivity contribution in [3.63, 3.8) is 0 Å². The van der Waals surface area contributed by atoms with E-state index in [0.29, 0.717) is 25.2 Å². The van der Waals surface area contributed by atoms with Crippen molar-refractivity contribution in [2.24, 2.45) is 5.41 Å². The Hall–Kier alpha value is -1.76. The number of thiophene rings is 1. The van der Waals surface area contributed by atoms with Gasteiger partial charge in [0.15, 0.2) is 5.82 Å². The van der Waals surface area contributed by atoms with Crippen LogP contribution in [0.4, 0.5) is 0 Å². The Morgan fingerprint density at radius 2 is 2.32 bits per heavy atom. The molecule has 0 aliphatic heterocycles. The molecule has 0 bridgehead atoms. The van der Waals surface area contributed by atoms with Gasteiger partial charge in [0.05, 0.1) is 12.0 Å². The Morgan fingerprint density at radius 3 is 2.84 bits per heavy atom. The van der Waals surface area contributed by atoms with Crippen molar-refractivity contribution in [2.75, 3.05) is 0 Å². The van der Waals surface area contributed by atoms with Crippen molar-refractivity contribution < 1.29 is 9.90 Å². The summed E-state index contributed by atoms with van der Waals surface area (Å²) in [4.78, 5) is 11.4. The smallest absolute Gasteiger partial charge is 0.311 e. The van der Waals surface area contributed by atoms with Crippen LogP contribution in [0.3, 0.4) is 0 Å². The molecule has 2 heterocycles. The molecule has 0 unspecified atom stereocenters. The minimum Gasteiger partial charge on any atom is -0.481 e. The second-order valence-corrected chi connectivity index (χ2v) is 5.81. The monoisotopic (exact) mass is 278 g/mol. The standard InChI is InChI=1S/C12H14N4O2S/c1-8-5-19-6-9(8)10-13-14-15-16(10)7-12(11(17)18)3-2-4-12/h5-6H,2-4,7H2,1H3,(H,17,18). The number of rotatable bonds is 4. The lowest BCUT2D eigenvalue weighted by atomic mass is 9.69. The first-order chi connectivity index (χ1) is 9.12. The number of carboxylic acids is 1. The Morgan fingerprint density at radius 1 is 1.53 bits per heavy atom. The van der Waals surface area contributed by atoms with Gasteiger partial charge in [-0.25, -0.2) is 4.68 Å². The molecule has 0 aromatic carbocycles. The molecule has 2 aromatic heterocycles. The quantitative estimate of drug-likeness (QED) is 0.924. The van der Waals surface area contributed by atoms with Crippen molar-refractivity contribution in [3.8, 4) is 11.4 Å². The number of hydrogen-bond acceptors (Lipinski definition) is 5. The average molecular weight is 278 g/mol. The highest BCUT2D eigenvalue weighted by Gasteiger charge is 2.45. The summed E-state index contributed by atoms with van der Waals surface area (Å²) in [5, 5.41) is 25.1. The van der Waals surface area contributed by atoms with E-state index in [-0.39, 0.29) is 0 Å². The fourth-order valence-corrected chi connectivity index (χ4v) is 3.25. The lowest BCUT2D eigenvalue weighted by molar-refractivity contribution is -0.156. The summed E-state index contributed by atoms with van der Waals surface area (Å²) in [6.45, 7) is 2.35.